The van der Waals surface area contributed by atoms with Gasteiger partial charge in [0, 0.05) is 0 Å². The topological polar surface area (TPSA) is 0 Å². The van der Waals surface area contributed by atoms with Gasteiger partial charge in [0.2, 0.25) is 0 Å². The van der Waals surface area contributed by atoms with E-state index >= 15 is 0 Å². The Kier molecular flexibility index (Phi) is 2.67. The fraction of sp³-hybridized carbons (Fsp3) is 0.0714. The summed E-state index contributed by atoms with van der Waals surface area (Å²) in [6.07, 6.45) is 2.09. The highest BCUT2D eigenvalue weighted by atomic mass is 14.3. The third-order valence-corrected chi connectivity index (χ3v) is 6.69. The second kappa shape index (κ2) is 5.11. The van der Waals surface area contributed by atoms with Crippen LogP contribution in [0.2, 0.25) is 0 Å². The molecule has 0 aromatic heterocycles. The zero-order chi connectivity index (χ0) is 18.2. The van der Waals surface area contributed by atoms with Crippen LogP contribution in [0.1, 0.15) is 22.3 Å². The Morgan fingerprint density at radius 2 is 1.04 bits per heavy atom. The first-order valence-corrected chi connectivity index (χ1v) is 10.1. The maximum atomic E-state index is 2.48. The number of fused-ring (bicyclic) bond motifs is 11. The zero-order valence-electron chi connectivity index (χ0n) is 15.5. The predicted octanol–water partition coefficient (Wildman–Crippen LogP) is 7.14. The highest BCUT2D eigenvalue weighted by Gasteiger charge is 2.27. The third kappa shape index (κ3) is 1.75. The van der Waals surface area contributed by atoms with Gasteiger partial charge in [-0.2, -0.15) is 0 Å². The molecule has 0 N–H and O–H groups in total. The minimum absolute atomic E-state index is 1.03. The van der Waals surface area contributed by atoms with Crippen molar-refractivity contribution in [2.45, 2.75) is 12.8 Å². The van der Waals surface area contributed by atoms with Gasteiger partial charge in [0.25, 0.3) is 0 Å². The van der Waals surface area contributed by atoms with Crippen molar-refractivity contribution < 1.29 is 0 Å². The van der Waals surface area contributed by atoms with Gasteiger partial charge in [0.15, 0.2) is 0 Å². The van der Waals surface area contributed by atoms with Gasteiger partial charge in [0.1, 0.15) is 0 Å². The van der Waals surface area contributed by atoms with Crippen molar-refractivity contribution in [3.63, 3.8) is 0 Å². The summed E-state index contributed by atoms with van der Waals surface area (Å²) in [5, 5.41) is 5.55. The average Bonchev–Trinajstić information content (AvgIpc) is 3.30. The molecule has 0 radical (unpaired) electrons. The maximum absolute atomic E-state index is 2.48. The van der Waals surface area contributed by atoms with Crippen molar-refractivity contribution in [2.24, 2.45) is 0 Å². The van der Waals surface area contributed by atoms with Crippen molar-refractivity contribution >= 4 is 21.5 Å². The Balaban J connectivity index is 1.58. The summed E-state index contributed by atoms with van der Waals surface area (Å²) in [4.78, 5) is 0. The predicted molar refractivity (Wildman–Crippen MR) is 118 cm³/mol. The molecule has 0 spiro atoms. The molecule has 28 heavy (non-hydrogen) atoms. The molecular formula is C28H18. The van der Waals surface area contributed by atoms with Gasteiger partial charge in [-0.05, 0) is 91.0 Å². The molecule has 2 aliphatic carbocycles. The second-order valence-electron chi connectivity index (χ2n) is 8.12. The van der Waals surface area contributed by atoms with E-state index in [0.717, 1.165) is 12.8 Å². The third-order valence-electron chi connectivity index (χ3n) is 6.69. The summed E-state index contributed by atoms with van der Waals surface area (Å²) in [5.41, 5.74) is 11.7. The van der Waals surface area contributed by atoms with Crippen LogP contribution in [-0.2, 0) is 12.8 Å². The molecule has 0 amide bonds. The number of hydrogen-bond donors (Lipinski definition) is 0. The minimum Gasteiger partial charge on any atom is -0.0619 e. The maximum Gasteiger partial charge on any atom is -0.000683 e. The van der Waals surface area contributed by atoms with E-state index in [1.165, 1.54) is 66.1 Å². The van der Waals surface area contributed by atoms with Crippen LogP contribution in [0.5, 0.6) is 0 Å². The van der Waals surface area contributed by atoms with Gasteiger partial charge < -0.3 is 0 Å². The van der Waals surface area contributed by atoms with Crippen LogP contribution in [0.15, 0.2) is 84.9 Å². The van der Waals surface area contributed by atoms with E-state index in [1.807, 2.05) is 0 Å². The van der Waals surface area contributed by atoms with E-state index in [0.29, 0.717) is 0 Å². The Morgan fingerprint density at radius 1 is 0.429 bits per heavy atom. The summed E-state index contributed by atoms with van der Waals surface area (Å²) in [7, 11) is 0. The summed E-state index contributed by atoms with van der Waals surface area (Å²) in [5.74, 6) is 0. The van der Waals surface area contributed by atoms with E-state index in [9.17, 15) is 0 Å². The molecule has 0 nitrogen and oxygen atoms in total. The van der Waals surface area contributed by atoms with E-state index in [2.05, 4.69) is 84.9 Å². The molecule has 0 bridgehead atoms. The average molecular weight is 354 g/mol. The van der Waals surface area contributed by atoms with Crippen LogP contribution in [0, 0.1) is 0 Å². The number of benzene rings is 5. The molecule has 0 heteroatoms. The molecule has 5 aromatic carbocycles. The van der Waals surface area contributed by atoms with E-state index in [1.54, 1.807) is 0 Å². The molecule has 0 fully saturated rings. The van der Waals surface area contributed by atoms with Crippen molar-refractivity contribution in [1.82, 2.24) is 0 Å². The molecule has 5 aromatic rings. The highest BCUT2D eigenvalue weighted by molar-refractivity contribution is 6.17. The fourth-order valence-electron chi connectivity index (χ4n) is 5.50. The quantitative estimate of drug-likeness (QED) is 0.254. The first-order valence-electron chi connectivity index (χ1n) is 10.1. The van der Waals surface area contributed by atoms with Gasteiger partial charge >= 0.3 is 0 Å². The van der Waals surface area contributed by atoms with Crippen LogP contribution in [-0.4, -0.2) is 0 Å². The molecule has 0 atom stereocenters. The zero-order valence-corrected chi connectivity index (χ0v) is 15.5. The van der Waals surface area contributed by atoms with E-state index in [-0.39, 0.29) is 0 Å². The molecule has 0 heterocycles. The number of hydrogen-bond acceptors (Lipinski definition) is 0. The van der Waals surface area contributed by atoms with Gasteiger partial charge in [-0.25, -0.2) is 0 Å². The Hall–Kier alpha value is -3.38. The first kappa shape index (κ1) is 14.6. The second-order valence-corrected chi connectivity index (χ2v) is 8.12. The van der Waals surface area contributed by atoms with Crippen molar-refractivity contribution in [3.05, 3.63) is 107 Å². The standard InChI is InChI=1S/C28H18/c1-2-8-20-17(7-1)13-18-15-26-19(14-25(18)20)16-27-23-11-4-3-9-21(23)22-10-5-6-12-24(22)28(26)27/h1-12,14-15H,13,16H2. The smallest absolute Gasteiger partial charge is 0.000683 e. The molecule has 0 unspecified atom stereocenters. The number of rotatable bonds is 0. The summed E-state index contributed by atoms with van der Waals surface area (Å²) < 4.78 is 0. The highest BCUT2D eigenvalue weighted by Crippen LogP contribution is 2.49. The summed E-state index contributed by atoms with van der Waals surface area (Å²) in [6, 6.07) is 31.7. The SMILES string of the molecule is c1ccc2c(c1)Cc1cc3c(cc1-2)Cc1c-3c2ccccc2c2ccccc12. The largest absolute Gasteiger partial charge is 0.0619 e. The molecule has 0 saturated carbocycles. The van der Waals surface area contributed by atoms with Crippen LogP contribution in [0.3, 0.4) is 0 Å². The van der Waals surface area contributed by atoms with Gasteiger partial charge in [-0.3, -0.25) is 0 Å². The first-order chi connectivity index (χ1) is 13.9. The molecule has 2 aliphatic rings. The lowest BCUT2D eigenvalue weighted by Crippen LogP contribution is -1.87. The Bertz CT molecular complexity index is 1450. The van der Waals surface area contributed by atoms with E-state index in [4.69, 9.17) is 0 Å². The van der Waals surface area contributed by atoms with Crippen LogP contribution in [0.25, 0.3) is 43.8 Å². The van der Waals surface area contributed by atoms with Crippen molar-refractivity contribution in [3.8, 4) is 22.3 Å². The summed E-state index contributed by atoms with van der Waals surface area (Å²) in [6.45, 7) is 0. The van der Waals surface area contributed by atoms with E-state index < -0.39 is 0 Å². The van der Waals surface area contributed by atoms with Crippen LogP contribution < -0.4 is 0 Å². The Morgan fingerprint density at radius 3 is 1.89 bits per heavy atom. The molecule has 0 saturated heterocycles. The van der Waals surface area contributed by atoms with Crippen molar-refractivity contribution in [1.29, 1.82) is 0 Å². The molecule has 7 rings (SSSR count). The lowest BCUT2D eigenvalue weighted by atomic mass is 9.91. The van der Waals surface area contributed by atoms with Crippen LogP contribution >= 0.6 is 0 Å². The Labute approximate surface area is 164 Å². The van der Waals surface area contributed by atoms with Gasteiger partial charge in [0.05, 0.1) is 0 Å². The fourth-order valence-corrected chi connectivity index (χ4v) is 5.50. The monoisotopic (exact) mass is 354 g/mol. The molecule has 0 aliphatic heterocycles. The van der Waals surface area contributed by atoms with Crippen molar-refractivity contribution in [2.75, 3.05) is 0 Å². The lowest BCUT2D eigenvalue weighted by Gasteiger charge is -2.12. The van der Waals surface area contributed by atoms with Gasteiger partial charge in [-0.15, -0.1) is 0 Å². The summed E-state index contributed by atoms with van der Waals surface area (Å²) >= 11 is 0. The minimum atomic E-state index is 1.03. The molecule has 130 valence electrons. The van der Waals surface area contributed by atoms with Gasteiger partial charge in [-0.1, -0.05) is 72.8 Å². The lowest BCUT2D eigenvalue weighted by molar-refractivity contribution is 1.25. The normalized spacial score (nSPS) is 13.4. The van der Waals surface area contributed by atoms with Crippen LogP contribution in [0.4, 0.5) is 0 Å². The molecular weight excluding hydrogens is 336 g/mol.